The van der Waals surface area contributed by atoms with E-state index >= 15 is 8.78 Å². The predicted octanol–water partition coefficient (Wildman–Crippen LogP) is 12.5. The van der Waals surface area contributed by atoms with Crippen LogP contribution in [0.2, 0.25) is 10.0 Å². The van der Waals surface area contributed by atoms with Crippen LogP contribution in [-0.4, -0.2) is 81.0 Å². The number of aromatic amines is 2. The van der Waals surface area contributed by atoms with Gasteiger partial charge in [0, 0.05) is 50.8 Å². The van der Waals surface area contributed by atoms with E-state index in [2.05, 4.69) is 49.1 Å². The molecule has 1 saturated heterocycles. The minimum Gasteiger partial charge on any atom is -0.449 e. The molecule has 1 aromatic carbocycles. The average Bonchev–Trinajstić information content (AvgIpc) is 4.28. The van der Waals surface area contributed by atoms with Gasteiger partial charge in [-0.2, -0.15) is 10.2 Å². The molecule has 7 aliphatic rings. The van der Waals surface area contributed by atoms with Gasteiger partial charge < -0.3 is 14.2 Å². The molecule has 4 unspecified atom stereocenters. The molecule has 6 saturated carbocycles. The summed E-state index contributed by atoms with van der Waals surface area (Å²) in [5.41, 5.74) is 4.13. The maximum Gasteiger partial charge on any atom is 0.195 e. The molecule has 380 valence electrons. The third-order valence-corrected chi connectivity index (χ3v) is 18.2. The molecule has 4 atom stereocenters. The van der Waals surface area contributed by atoms with E-state index in [1.807, 2.05) is 58.1 Å². The van der Waals surface area contributed by atoms with Crippen molar-refractivity contribution in [2.75, 3.05) is 36.0 Å². The van der Waals surface area contributed by atoms with E-state index in [1.54, 1.807) is 30.8 Å². The number of piperazine rings is 1. The van der Waals surface area contributed by atoms with E-state index in [-0.39, 0.29) is 17.5 Å². The van der Waals surface area contributed by atoms with Crippen LogP contribution in [-0.2, 0) is 12.8 Å². The van der Waals surface area contributed by atoms with Crippen LogP contribution in [0.3, 0.4) is 0 Å². The molecular formula is C56H57Cl2F2N13O. The van der Waals surface area contributed by atoms with Crippen molar-refractivity contribution >= 4 is 67.9 Å². The zero-order valence-corrected chi connectivity index (χ0v) is 42.9. The number of pyridine rings is 2. The summed E-state index contributed by atoms with van der Waals surface area (Å²) in [7, 11) is 0. The molecule has 2 N–H and O–H groups in total. The van der Waals surface area contributed by atoms with E-state index in [9.17, 15) is 0 Å². The van der Waals surface area contributed by atoms with Crippen molar-refractivity contribution in [2.45, 2.75) is 78.1 Å². The molecule has 0 radical (unpaired) electrons. The van der Waals surface area contributed by atoms with Gasteiger partial charge in [0.1, 0.15) is 11.4 Å². The average molecular weight is 1040 g/mol. The molecule has 18 heteroatoms. The van der Waals surface area contributed by atoms with E-state index in [0.717, 1.165) is 47.1 Å². The molecule has 8 aromatic heterocycles. The first-order chi connectivity index (χ1) is 36.1. The monoisotopic (exact) mass is 1040 g/mol. The highest BCUT2D eigenvalue weighted by atomic mass is 35.5. The lowest BCUT2D eigenvalue weighted by atomic mass is 9.58. The quantitative estimate of drug-likeness (QED) is 0.142. The first-order valence-electron chi connectivity index (χ1n) is 26.3. The van der Waals surface area contributed by atoms with Crippen LogP contribution in [0.25, 0.3) is 61.8 Å². The minimum atomic E-state index is -0.353. The highest BCUT2D eigenvalue weighted by Crippen LogP contribution is 2.51. The maximum absolute atomic E-state index is 16.3. The summed E-state index contributed by atoms with van der Waals surface area (Å²) in [5.74, 6) is 6.42. The third-order valence-electron chi connectivity index (χ3n) is 17.8. The minimum absolute atomic E-state index is 0.252. The number of halogens is 4. The zero-order valence-electron chi connectivity index (χ0n) is 41.4. The lowest BCUT2D eigenvalue weighted by Gasteiger charge is -2.47. The number of nitrogens with one attached hydrogen (secondary N) is 2. The first-order valence-corrected chi connectivity index (χ1v) is 27.1. The van der Waals surface area contributed by atoms with Gasteiger partial charge in [0.15, 0.2) is 52.1 Å². The first kappa shape index (κ1) is 47.2. The number of aromatic nitrogens is 11. The summed E-state index contributed by atoms with van der Waals surface area (Å²) >= 11 is 12.5. The predicted molar refractivity (Wildman–Crippen MR) is 283 cm³/mol. The maximum atomic E-state index is 16.3. The summed E-state index contributed by atoms with van der Waals surface area (Å²) in [6.07, 6.45) is 18.1. The molecule has 6 aliphatic carbocycles. The van der Waals surface area contributed by atoms with Crippen LogP contribution in [0.1, 0.15) is 76.6 Å². The van der Waals surface area contributed by atoms with Crippen molar-refractivity contribution in [3.05, 3.63) is 113 Å². The van der Waals surface area contributed by atoms with Crippen LogP contribution < -0.4 is 9.80 Å². The highest BCUT2D eigenvalue weighted by molar-refractivity contribution is 6.31. The molecule has 1 aliphatic heterocycles. The summed E-state index contributed by atoms with van der Waals surface area (Å²) in [6.45, 7) is 7.40. The van der Waals surface area contributed by atoms with Gasteiger partial charge in [0.2, 0.25) is 0 Å². The molecule has 16 rings (SSSR count). The zero-order chi connectivity index (χ0) is 50.2. The molecular weight excluding hydrogens is 980 g/mol. The Kier molecular flexibility index (Phi) is 12.3. The van der Waals surface area contributed by atoms with Crippen LogP contribution in [0, 0.1) is 59.0 Å². The van der Waals surface area contributed by atoms with Gasteiger partial charge in [-0.25, -0.2) is 38.7 Å². The summed E-state index contributed by atoms with van der Waals surface area (Å²) < 4.78 is 40.0. The second-order valence-corrected chi connectivity index (χ2v) is 22.4. The number of benzene rings is 1. The SMILES string of the molecule is CC1C2CCC(CC2)C1Cc1nc(-c2[nH]nc3ncc(Cl)cc23)nc(-n2ccc3ccccc32)c1F.CC1C2CCC(CC2)C1Cc1nc(-c2[nH]nc3ncc(Cl)cc23)nc(N2CCN(c3ccco3)CC2)c1F. The van der Waals surface area contributed by atoms with Crippen molar-refractivity contribution in [3.63, 3.8) is 0 Å². The van der Waals surface area contributed by atoms with Crippen LogP contribution in [0.4, 0.5) is 20.5 Å². The Labute approximate surface area is 436 Å². The van der Waals surface area contributed by atoms with Crippen LogP contribution >= 0.6 is 23.2 Å². The number of anilines is 2. The van der Waals surface area contributed by atoms with Gasteiger partial charge in [0.05, 0.1) is 44.0 Å². The number of H-pyrrole nitrogens is 2. The number of hydrogen-bond acceptors (Lipinski definition) is 11. The summed E-state index contributed by atoms with van der Waals surface area (Å²) in [6, 6.07) is 17.4. The van der Waals surface area contributed by atoms with Crippen molar-refractivity contribution in [1.82, 2.24) is 54.9 Å². The molecule has 4 bridgehead atoms. The van der Waals surface area contributed by atoms with Crippen molar-refractivity contribution in [3.8, 4) is 28.9 Å². The Hall–Kier alpha value is -6.52. The number of furan rings is 1. The van der Waals surface area contributed by atoms with E-state index in [0.29, 0.717) is 128 Å². The number of para-hydroxylation sites is 1. The second kappa shape index (κ2) is 19.3. The molecule has 0 spiro atoms. The fourth-order valence-corrected chi connectivity index (χ4v) is 14.0. The van der Waals surface area contributed by atoms with Gasteiger partial charge in [0.25, 0.3) is 0 Å². The van der Waals surface area contributed by atoms with E-state index < -0.39 is 0 Å². The topological polar surface area (TPSA) is 159 Å². The Morgan fingerprint density at radius 2 is 1.12 bits per heavy atom. The lowest BCUT2D eigenvalue weighted by Crippen LogP contribution is -2.47. The van der Waals surface area contributed by atoms with E-state index in [4.69, 9.17) is 47.6 Å². The third kappa shape index (κ3) is 8.55. The Morgan fingerprint density at radius 3 is 1.66 bits per heavy atom. The summed E-state index contributed by atoms with van der Waals surface area (Å²) in [5, 5.41) is 18.2. The number of fused-ring (bicyclic) bond motifs is 9. The van der Waals surface area contributed by atoms with Crippen molar-refractivity contribution in [2.24, 2.45) is 47.3 Å². The van der Waals surface area contributed by atoms with Crippen LogP contribution in [0.5, 0.6) is 0 Å². The van der Waals surface area contributed by atoms with E-state index in [1.165, 1.54) is 51.4 Å². The fourth-order valence-electron chi connectivity index (χ4n) is 13.7. The van der Waals surface area contributed by atoms with Gasteiger partial charge >= 0.3 is 0 Å². The number of hydrogen-bond donors (Lipinski definition) is 2. The molecule has 7 fully saturated rings. The summed E-state index contributed by atoms with van der Waals surface area (Å²) in [4.78, 5) is 32.0. The van der Waals surface area contributed by atoms with Gasteiger partial charge in [-0.05, 0) is 147 Å². The van der Waals surface area contributed by atoms with Crippen molar-refractivity contribution < 1.29 is 13.2 Å². The molecule has 9 aromatic rings. The number of nitrogens with zero attached hydrogens (tertiary/aromatic N) is 11. The Bertz CT molecular complexity index is 3500. The fraction of sp³-hybridized carbons (Fsp3) is 0.429. The molecule has 74 heavy (non-hydrogen) atoms. The second-order valence-electron chi connectivity index (χ2n) is 21.5. The Morgan fingerprint density at radius 1 is 0.608 bits per heavy atom. The molecule has 0 amide bonds. The van der Waals surface area contributed by atoms with Gasteiger partial charge in [-0.1, -0.05) is 55.2 Å². The smallest absolute Gasteiger partial charge is 0.195 e. The van der Waals surface area contributed by atoms with Gasteiger partial charge in [-0.15, -0.1) is 0 Å². The standard InChI is InChI=1S/C28H31ClFN7O.C28H26ClFN6/c1-16-17-4-6-18(7-5-17)20(16)14-22-24(30)28(37-10-8-36(9-11-37)23-3-2-12-38-23)33-27(32-22)25-21-13-19(29)15-31-26(21)35-34-25;1-15-16-6-8-17(9-7-16)20(15)13-22-24(30)28(36-11-10-18-4-2-3-5-23(18)36)33-27(32-22)25-21-12-19(29)14-31-26(21)35-34-25/h2-3,12-13,15-18,20H,4-11,14H2,1H3,(H,31,34,35);2-5,10-12,14-17,20H,6-9,13H2,1H3,(H,31,34,35). The van der Waals surface area contributed by atoms with Crippen LogP contribution in [0.15, 0.2) is 83.9 Å². The normalized spacial score (nSPS) is 24.6. The lowest BCUT2D eigenvalue weighted by molar-refractivity contribution is 0.0334. The van der Waals surface area contributed by atoms with Gasteiger partial charge in [-0.3, -0.25) is 14.8 Å². The van der Waals surface area contributed by atoms with Crippen molar-refractivity contribution in [1.29, 1.82) is 0 Å². The number of rotatable bonds is 9. The Balaban J connectivity index is 0.000000143. The molecule has 14 nitrogen and oxygen atoms in total. The highest BCUT2D eigenvalue weighted by Gasteiger charge is 2.43. The largest absolute Gasteiger partial charge is 0.449 e. The molecule has 9 heterocycles.